The molecule has 2 aromatic rings. The second kappa shape index (κ2) is 6.41. The lowest BCUT2D eigenvalue weighted by molar-refractivity contribution is 0.0698. The number of rotatable bonds is 4. The van der Waals surface area contributed by atoms with Crippen LogP contribution in [0.3, 0.4) is 0 Å². The summed E-state index contributed by atoms with van der Waals surface area (Å²) in [4.78, 5) is 11.0. The van der Waals surface area contributed by atoms with E-state index in [1.807, 2.05) is 0 Å². The van der Waals surface area contributed by atoms with Crippen LogP contribution in [0.2, 0.25) is 10.0 Å². The number of benzene rings is 2. The number of carbonyl (C=O) groups is 1. The van der Waals surface area contributed by atoms with Crippen molar-refractivity contribution in [1.82, 2.24) is 0 Å². The molecule has 0 radical (unpaired) electrons. The summed E-state index contributed by atoms with van der Waals surface area (Å²) < 4.78 is 0. The molecule has 0 bridgehead atoms. The highest BCUT2D eigenvalue weighted by atomic mass is 35.5. The van der Waals surface area contributed by atoms with Crippen LogP contribution in [-0.2, 0) is 0 Å². The first kappa shape index (κ1) is 14.4. The summed E-state index contributed by atoms with van der Waals surface area (Å²) in [7, 11) is 0. The Labute approximate surface area is 125 Å². The molecule has 4 nitrogen and oxygen atoms in total. The Balaban J connectivity index is 2.21. The number of carboxylic acids is 1. The molecule has 0 saturated heterocycles. The van der Waals surface area contributed by atoms with E-state index in [4.69, 9.17) is 28.3 Å². The number of carboxylic acid groups (broad SMARTS) is 1. The molecule has 2 N–H and O–H groups in total. The van der Waals surface area contributed by atoms with Crippen LogP contribution in [0.1, 0.15) is 15.9 Å². The van der Waals surface area contributed by atoms with Gasteiger partial charge in [0.15, 0.2) is 0 Å². The van der Waals surface area contributed by atoms with Gasteiger partial charge in [-0.15, -0.1) is 0 Å². The molecule has 0 unspecified atom stereocenters. The maximum absolute atomic E-state index is 11.0. The molecule has 6 heteroatoms. The van der Waals surface area contributed by atoms with Gasteiger partial charge in [0.1, 0.15) is 0 Å². The van der Waals surface area contributed by atoms with Gasteiger partial charge < -0.3 is 5.11 Å². The molecule has 20 heavy (non-hydrogen) atoms. The Morgan fingerprint density at radius 3 is 2.40 bits per heavy atom. The van der Waals surface area contributed by atoms with E-state index in [0.29, 0.717) is 21.3 Å². The van der Waals surface area contributed by atoms with Crippen molar-refractivity contribution in [2.24, 2.45) is 5.10 Å². The quantitative estimate of drug-likeness (QED) is 0.659. The minimum Gasteiger partial charge on any atom is -0.478 e. The van der Waals surface area contributed by atoms with Crippen molar-refractivity contribution >= 4 is 41.1 Å². The normalized spacial score (nSPS) is 10.7. The lowest BCUT2D eigenvalue weighted by atomic mass is 10.2. The lowest BCUT2D eigenvalue weighted by Gasteiger charge is -2.05. The zero-order valence-corrected chi connectivity index (χ0v) is 11.7. The molecule has 0 amide bonds. The summed E-state index contributed by atoms with van der Waals surface area (Å²) >= 11 is 12.0. The standard InChI is InChI=1S/C14H10Cl2N2O2/c15-11-5-3-6-12(16)10(11)8-17-18-13-7-2-1-4-9(13)14(19)20/h1-8,18H,(H,19,20). The van der Waals surface area contributed by atoms with E-state index in [9.17, 15) is 4.79 Å². The van der Waals surface area contributed by atoms with Crippen molar-refractivity contribution < 1.29 is 9.90 Å². The highest BCUT2D eigenvalue weighted by Gasteiger charge is 2.08. The van der Waals surface area contributed by atoms with Gasteiger partial charge in [-0.1, -0.05) is 41.4 Å². The first-order valence-electron chi connectivity index (χ1n) is 5.65. The summed E-state index contributed by atoms with van der Waals surface area (Å²) in [6.45, 7) is 0. The van der Waals surface area contributed by atoms with Crippen LogP contribution in [0.5, 0.6) is 0 Å². The van der Waals surface area contributed by atoms with E-state index in [2.05, 4.69) is 10.5 Å². The molecule has 0 fully saturated rings. The van der Waals surface area contributed by atoms with Gasteiger partial charge in [-0.3, -0.25) is 5.43 Å². The first-order chi connectivity index (χ1) is 9.59. The SMILES string of the molecule is O=C(O)c1ccccc1NN=Cc1c(Cl)cccc1Cl. The van der Waals surface area contributed by atoms with Crippen LogP contribution in [-0.4, -0.2) is 17.3 Å². The number of halogens is 2. The van der Waals surface area contributed by atoms with Gasteiger partial charge in [0, 0.05) is 5.56 Å². The van der Waals surface area contributed by atoms with Gasteiger partial charge in [0.2, 0.25) is 0 Å². The van der Waals surface area contributed by atoms with Crippen LogP contribution >= 0.6 is 23.2 Å². The Kier molecular flexibility index (Phi) is 4.61. The number of nitrogens with one attached hydrogen (secondary N) is 1. The maximum atomic E-state index is 11.0. The van der Waals surface area contributed by atoms with Crippen LogP contribution in [0.4, 0.5) is 5.69 Å². The maximum Gasteiger partial charge on any atom is 0.337 e. The van der Waals surface area contributed by atoms with E-state index in [1.54, 1.807) is 36.4 Å². The zero-order valence-electron chi connectivity index (χ0n) is 10.2. The molecule has 2 rings (SSSR count). The Hall–Kier alpha value is -2.04. The number of para-hydroxylation sites is 1. The largest absolute Gasteiger partial charge is 0.478 e. The van der Waals surface area contributed by atoms with Crippen molar-refractivity contribution in [1.29, 1.82) is 0 Å². The number of hydrogen-bond donors (Lipinski definition) is 2. The van der Waals surface area contributed by atoms with Gasteiger partial charge in [-0.2, -0.15) is 5.10 Å². The highest BCUT2D eigenvalue weighted by molar-refractivity contribution is 6.38. The molecule has 0 spiro atoms. The van der Waals surface area contributed by atoms with E-state index < -0.39 is 5.97 Å². The van der Waals surface area contributed by atoms with E-state index in [0.717, 1.165) is 0 Å². The van der Waals surface area contributed by atoms with E-state index >= 15 is 0 Å². The van der Waals surface area contributed by atoms with Gasteiger partial charge in [0.25, 0.3) is 0 Å². The average molecular weight is 309 g/mol. The minimum atomic E-state index is -1.03. The number of hydrogen-bond acceptors (Lipinski definition) is 3. The van der Waals surface area contributed by atoms with Crippen molar-refractivity contribution in [3.8, 4) is 0 Å². The second-order valence-electron chi connectivity index (χ2n) is 3.86. The summed E-state index contributed by atoms with van der Waals surface area (Å²) in [6.07, 6.45) is 1.45. The molecular weight excluding hydrogens is 299 g/mol. The van der Waals surface area contributed by atoms with Gasteiger partial charge in [-0.05, 0) is 24.3 Å². The molecule has 102 valence electrons. The topological polar surface area (TPSA) is 61.7 Å². The Morgan fingerprint density at radius 2 is 1.75 bits per heavy atom. The zero-order chi connectivity index (χ0) is 14.5. The molecule has 0 saturated carbocycles. The predicted octanol–water partition coefficient (Wildman–Crippen LogP) is 4.14. The number of hydrazone groups is 1. The molecule has 0 atom stereocenters. The molecule has 2 aromatic carbocycles. The van der Waals surface area contributed by atoms with E-state index in [-0.39, 0.29) is 5.56 Å². The van der Waals surface area contributed by atoms with Crippen molar-refractivity contribution in [2.45, 2.75) is 0 Å². The van der Waals surface area contributed by atoms with Crippen LogP contribution in [0.15, 0.2) is 47.6 Å². The first-order valence-corrected chi connectivity index (χ1v) is 6.40. The van der Waals surface area contributed by atoms with Crippen molar-refractivity contribution in [3.63, 3.8) is 0 Å². The molecule has 0 aliphatic heterocycles. The summed E-state index contributed by atoms with van der Waals surface area (Å²) in [5.41, 5.74) is 3.76. The second-order valence-corrected chi connectivity index (χ2v) is 4.67. The van der Waals surface area contributed by atoms with Gasteiger partial charge >= 0.3 is 5.97 Å². The fraction of sp³-hybridized carbons (Fsp3) is 0. The van der Waals surface area contributed by atoms with Crippen LogP contribution < -0.4 is 5.43 Å². The number of anilines is 1. The molecule has 0 heterocycles. The van der Waals surface area contributed by atoms with Gasteiger partial charge in [0.05, 0.1) is 27.5 Å². The molecule has 0 aliphatic rings. The number of nitrogens with zero attached hydrogens (tertiary/aromatic N) is 1. The third-order valence-corrected chi connectivity index (χ3v) is 3.20. The Bertz CT molecular complexity index is 652. The highest BCUT2D eigenvalue weighted by Crippen LogP contribution is 2.22. The molecule has 0 aliphatic carbocycles. The third-order valence-electron chi connectivity index (χ3n) is 2.54. The fourth-order valence-electron chi connectivity index (χ4n) is 1.57. The monoisotopic (exact) mass is 308 g/mol. The van der Waals surface area contributed by atoms with Crippen molar-refractivity contribution in [3.05, 3.63) is 63.6 Å². The number of aromatic carboxylic acids is 1. The minimum absolute atomic E-state index is 0.134. The smallest absolute Gasteiger partial charge is 0.337 e. The van der Waals surface area contributed by atoms with Crippen LogP contribution in [0.25, 0.3) is 0 Å². The summed E-state index contributed by atoms with van der Waals surface area (Å²) in [5.74, 6) is -1.03. The lowest BCUT2D eigenvalue weighted by Crippen LogP contribution is -2.02. The molecular formula is C14H10Cl2N2O2. The third kappa shape index (κ3) is 3.29. The molecule has 0 aromatic heterocycles. The van der Waals surface area contributed by atoms with Gasteiger partial charge in [-0.25, -0.2) is 4.79 Å². The fourth-order valence-corrected chi connectivity index (χ4v) is 2.06. The predicted molar refractivity (Wildman–Crippen MR) is 81.1 cm³/mol. The summed E-state index contributed by atoms with van der Waals surface area (Å²) in [5, 5.41) is 13.9. The van der Waals surface area contributed by atoms with Crippen LogP contribution in [0, 0.1) is 0 Å². The van der Waals surface area contributed by atoms with Crippen molar-refractivity contribution in [2.75, 3.05) is 5.43 Å². The average Bonchev–Trinajstić information content (AvgIpc) is 2.42. The summed E-state index contributed by atoms with van der Waals surface area (Å²) in [6, 6.07) is 11.6. The van der Waals surface area contributed by atoms with E-state index in [1.165, 1.54) is 12.3 Å². The Morgan fingerprint density at radius 1 is 1.10 bits per heavy atom.